The average molecular weight is 221 g/mol. The molecule has 1 unspecified atom stereocenters. The van der Waals surface area contributed by atoms with E-state index in [1.165, 1.54) is 0 Å². The first-order valence-electron chi connectivity index (χ1n) is 5.24. The zero-order valence-electron chi connectivity index (χ0n) is 9.18. The number of amides is 1. The van der Waals surface area contributed by atoms with Gasteiger partial charge in [-0.25, -0.2) is 4.79 Å². The highest BCUT2D eigenvalue weighted by molar-refractivity contribution is 5.65. The topological polar surface area (TPSA) is 61.6 Å². The first-order chi connectivity index (χ1) is 7.68. The molecule has 2 rings (SSSR count). The quantitative estimate of drug-likeness (QED) is 0.845. The summed E-state index contributed by atoms with van der Waals surface area (Å²) in [4.78, 5) is 10.9. The summed E-state index contributed by atoms with van der Waals surface area (Å²) >= 11 is 0. The monoisotopic (exact) mass is 221 g/mol. The molecule has 0 aliphatic heterocycles. The summed E-state index contributed by atoms with van der Waals surface area (Å²) in [5.41, 5.74) is 5.63. The first kappa shape index (κ1) is 11.0. The first-order valence-corrected chi connectivity index (χ1v) is 5.24. The molecule has 2 N–H and O–H groups in total. The minimum Gasteiger partial charge on any atom is -0.438 e. The number of methoxy groups -OCH3 is 1. The second-order valence-corrected chi connectivity index (χ2v) is 4.00. The van der Waals surface area contributed by atoms with Crippen LogP contribution in [-0.2, 0) is 9.47 Å². The smallest absolute Gasteiger partial charge is 0.405 e. The van der Waals surface area contributed by atoms with Crippen molar-refractivity contribution < 1.29 is 14.3 Å². The Balaban J connectivity index is 2.25. The number of hydrogen-bond acceptors (Lipinski definition) is 3. The van der Waals surface area contributed by atoms with E-state index in [2.05, 4.69) is 0 Å². The number of ether oxygens (including phenoxy) is 2. The fourth-order valence-electron chi connectivity index (χ4n) is 1.92. The van der Waals surface area contributed by atoms with Crippen molar-refractivity contribution >= 4 is 6.09 Å². The van der Waals surface area contributed by atoms with Crippen molar-refractivity contribution in [2.45, 2.75) is 24.5 Å². The molecule has 1 amide bonds. The highest BCUT2D eigenvalue weighted by Crippen LogP contribution is 2.50. The van der Waals surface area contributed by atoms with Gasteiger partial charge in [-0.2, -0.15) is 0 Å². The van der Waals surface area contributed by atoms with Gasteiger partial charge in [0.05, 0.1) is 0 Å². The van der Waals surface area contributed by atoms with E-state index in [1.54, 1.807) is 7.11 Å². The van der Waals surface area contributed by atoms with Gasteiger partial charge in [0.2, 0.25) is 0 Å². The molecule has 1 fully saturated rings. The van der Waals surface area contributed by atoms with Crippen LogP contribution in [-0.4, -0.2) is 18.8 Å². The number of carbonyl (C=O) groups excluding carboxylic acids is 1. The molecule has 0 aromatic heterocycles. The predicted molar refractivity (Wildman–Crippen MR) is 58.8 cm³/mol. The van der Waals surface area contributed by atoms with E-state index in [0.29, 0.717) is 0 Å². The molecule has 1 aliphatic rings. The molecule has 1 aliphatic carbocycles. The number of hydrogen-bond donors (Lipinski definition) is 1. The van der Waals surface area contributed by atoms with E-state index < -0.39 is 12.2 Å². The molecular formula is C12H15NO3. The SMILES string of the molecule is COC1(C(OC(N)=O)c2ccccc2)CC1. The number of benzene rings is 1. The Morgan fingerprint density at radius 1 is 1.38 bits per heavy atom. The third-order valence-electron chi connectivity index (χ3n) is 2.96. The number of nitrogens with two attached hydrogens (primary N) is 1. The molecule has 86 valence electrons. The molecule has 1 atom stereocenters. The van der Waals surface area contributed by atoms with Crippen LogP contribution in [0.5, 0.6) is 0 Å². The highest BCUT2D eigenvalue weighted by Gasteiger charge is 2.52. The van der Waals surface area contributed by atoms with Crippen LogP contribution in [0, 0.1) is 0 Å². The van der Waals surface area contributed by atoms with Gasteiger partial charge < -0.3 is 15.2 Å². The average Bonchev–Trinajstić information content (AvgIpc) is 3.08. The summed E-state index contributed by atoms with van der Waals surface area (Å²) in [6.07, 6.45) is 0.598. The lowest BCUT2D eigenvalue weighted by atomic mass is 10.0. The molecular weight excluding hydrogens is 206 g/mol. The van der Waals surface area contributed by atoms with E-state index in [0.717, 1.165) is 18.4 Å². The minimum atomic E-state index is -0.767. The summed E-state index contributed by atoms with van der Waals surface area (Å²) in [5.74, 6) is 0. The molecule has 4 heteroatoms. The van der Waals surface area contributed by atoms with E-state index in [9.17, 15) is 4.79 Å². The molecule has 0 saturated heterocycles. The zero-order valence-corrected chi connectivity index (χ0v) is 9.18. The largest absolute Gasteiger partial charge is 0.438 e. The van der Waals surface area contributed by atoms with Gasteiger partial charge in [0, 0.05) is 7.11 Å². The van der Waals surface area contributed by atoms with Crippen LogP contribution in [0.4, 0.5) is 4.79 Å². The van der Waals surface area contributed by atoms with Crippen molar-refractivity contribution in [3.63, 3.8) is 0 Å². The maximum absolute atomic E-state index is 10.9. The molecule has 0 spiro atoms. The zero-order chi connectivity index (χ0) is 11.6. The van der Waals surface area contributed by atoms with Crippen LogP contribution < -0.4 is 5.73 Å². The van der Waals surface area contributed by atoms with E-state index in [4.69, 9.17) is 15.2 Å². The molecule has 0 radical (unpaired) electrons. The third-order valence-corrected chi connectivity index (χ3v) is 2.96. The Kier molecular flexibility index (Phi) is 2.83. The van der Waals surface area contributed by atoms with Crippen molar-refractivity contribution in [3.05, 3.63) is 35.9 Å². The fraction of sp³-hybridized carbons (Fsp3) is 0.417. The number of rotatable bonds is 4. The summed E-state index contributed by atoms with van der Waals surface area (Å²) in [5, 5.41) is 0. The molecule has 1 saturated carbocycles. The summed E-state index contributed by atoms with van der Waals surface area (Å²) in [7, 11) is 1.63. The van der Waals surface area contributed by atoms with E-state index in [1.807, 2.05) is 30.3 Å². The van der Waals surface area contributed by atoms with Crippen molar-refractivity contribution in [2.24, 2.45) is 5.73 Å². The molecule has 1 aromatic rings. The minimum absolute atomic E-state index is 0.379. The normalized spacial score (nSPS) is 18.8. The van der Waals surface area contributed by atoms with Crippen molar-refractivity contribution in [2.75, 3.05) is 7.11 Å². The number of primary amides is 1. The second kappa shape index (κ2) is 4.14. The molecule has 0 heterocycles. The van der Waals surface area contributed by atoms with Crippen LogP contribution in [0.3, 0.4) is 0 Å². The Bertz CT molecular complexity index is 373. The Morgan fingerprint density at radius 3 is 2.44 bits per heavy atom. The number of carbonyl (C=O) groups is 1. The van der Waals surface area contributed by atoms with E-state index in [-0.39, 0.29) is 5.60 Å². The van der Waals surface area contributed by atoms with Crippen molar-refractivity contribution in [3.8, 4) is 0 Å². The van der Waals surface area contributed by atoms with Crippen LogP contribution in [0.2, 0.25) is 0 Å². The molecule has 1 aromatic carbocycles. The molecule has 4 nitrogen and oxygen atoms in total. The van der Waals surface area contributed by atoms with Gasteiger partial charge in [-0.1, -0.05) is 30.3 Å². The molecule has 0 bridgehead atoms. The predicted octanol–water partition coefficient (Wildman–Crippen LogP) is 2.00. The van der Waals surface area contributed by atoms with Gasteiger partial charge in [-0.3, -0.25) is 0 Å². The summed E-state index contributed by atoms with van der Waals surface area (Å²) in [6, 6.07) is 9.54. The van der Waals surface area contributed by atoms with Crippen LogP contribution in [0.25, 0.3) is 0 Å². The standard InChI is InChI=1S/C12H15NO3/c1-15-12(7-8-12)10(16-11(13)14)9-5-3-2-4-6-9/h2-6,10H,7-8H2,1H3,(H2,13,14). The van der Waals surface area contributed by atoms with Crippen molar-refractivity contribution in [1.29, 1.82) is 0 Å². The lowest BCUT2D eigenvalue weighted by Gasteiger charge is -2.25. The Labute approximate surface area is 94.3 Å². The van der Waals surface area contributed by atoms with Crippen LogP contribution in [0.15, 0.2) is 30.3 Å². The Morgan fingerprint density at radius 2 is 2.00 bits per heavy atom. The van der Waals surface area contributed by atoms with Crippen LogP contribution in [0.1, 0.15) is 24.5 Å². The van der Waals surface area contributed by atoms with Gasteiger partial charge in [0.15, 0.2) is 6.10 Å². The lowest BCUT2D eigenvalue weighted by Crippen LogP contribution is -2.29. The summed E-state index contributed by atoms with van der Waals surface area (Å²) < 4.78 is 10.6. The van der Waals surface area contributed by atoms with E-state index >= 15 is 0 Å². The lowest BCUT2D eigenvalue weighted by molar-refractivity contribution is -0.0396. The van der Waals surface area contributed by atoms with Crippen LogP contribution >= 0.6 is 0 Å². The Hall–Kier alpha value is -1.55. The second-order valence-electron chi connectivity index (χ2n) is 4.00. The third kappa shape index (κ3) is 2.02. The summed E-state index contributed by atoms with van der Waals surface area (Å²) in [6.45, 7) is 0. The van der Waals surface area contributed by atoms with Crippen molar-refractivity contribution in [1.82, 2.24) is 0 Å². The van der Waals surface area contributed by atoms with Gasteiger partial charge in [-0.05, 0) is 18.4 Å². The van der Waals surface area contributed by atoms with Gasteiger partial charge in [0.25, 0.3) is 0 Å². The van der Waals surface area contributed by atoms with Gasteiger partial charge in [0.1, 0.15) is 5.60 Å². The fourth-order valence-corrected chi connectivity index (χ4v) is 1.92. The highest BCUT2D eigenvalue weighted by atomic mass is 16.6. The maximum atomic E-state index is 10.9. The molecule has 16 heavy (non-hydrogen) atoms. The van der Waals surface area contributed by atoms with Gasteiger partial charge >= 0.3 is 6.09 Å². The maximum Gasteiger partial charge on any atom is 0.405 e. The van der Waals surface area contributed by atoms with Gasteiger partial charge in [-0.15, -0.1) is 0 Å².